The van der Waals surface area contributed by atoms with Gasteiger partial charge in [-0.3, -0.25) is 9.69 Å². The van der Waals surface area contributed by atoms with Crippen LogP contribution in [0.15, 0.2) is 12.1 Å². The molecule has 136 valence electrons. The highest BCUT2D eigenvalue weighted by Crippen LogP contribution is 2.34. The molecule has 1 aliphatic heterocycles. The fourth-order valence-electron chi connectivity index (χ4n) is 2.56. The Hall–Kier alpha value is -1.70. The zero-order chi connectivity index (χ0) is 16.7. The van der Waals surface area contributed by atoms with Crippen molar-refractivity contribution in [1.29, 1.82) is 0 Å². The van der Waals surface area contributed by atoms with Gasteiger partial charge in [0.25, 0.3) is 5.91 Å². The fourth-order valence-corrected chi connectivity index (χ4v) is 2.56. The van der Waals surface area contributed by atoms with Gasteiger partial charge in [0.1, 0.15) is 5.75 Å². The SMILES string of the molecule is COc1cc(OC)c(C(=O)NCCN2CCNCC2)cc1OC.Cl. The Morgan fingerprint density at radius 2 is 1.67 bits per heavy atom. The number of amides is 1. The maximum Gasteiger partial charge on any atom is 0.255 e. The molecule has 2 N–H and O–H groups in total. The second-order valence-electron chi connectivity index (χ2n) is 5.26. The quantitative estimate of drug-likeness (QED) is 0.749. The minimum atomic E-state index is -0.182. The molecule has 0 aromatic heterocycles. The van der Waals surface area contributed by atoms with Gasteiger partial charge in [0.2, 0.25) is 0 Å². The topological polar surface area (TPSA) is 72.1 Å². The van der Waals surface area contributed by atoms with Gasteiger partial charge in [0.05, 0.1) is 26.9 Å². The van der Waals surface area contributed by atoms with Crippen LogP contribution in [0.25, 0.3) is 0 Å². The molecule has 24 heavy (non-hydrogen) atoms. The van der Waals surface area contributed by atoms with Gasteiger partial charge in [-0.15, -0.1) is 12.4 Å². The van der Waals surface area contributed by atoms with Crippen LogP contribution in [0.1, 0.15) is 10.4 Å². The van der Waals surface area contributed by atoms with Crippen molar-refractivity contribution in [3.63, 3.8) is 0 Å². The molecule has 1 aliphatic rings. The monoisotopic (exact) mass is 359 g/mol. The highest BCUT2D eigenvalue weighted by Gasteiger charge is 2.18. The highest BCUT2D eigenvalue weighted by atomic mass is 35.5. The third-order valence-electron chi connectivity index (χ3n) is 3.87. The Morgan fingerprint density at radius 3 is 2.25 bits per heavy atom. The first-order valence-electron chi connectivity index (χ1n) is 7.71. The standard InChI is InChI=1S/C16H25N3O4.ClH/c1-21-13-11-15(23-3)14(22-2)10-12(13)16(20)18-6-9-19-7-4-17-5-8-19;/h10-11,17H,4-9H2,1-3H3,(H,18,20);1H. The maximum absolute atomic E-state index is 12.4. The largest absolute Gasteiger partial charge is 0.496 e. The van der Waals surface area contributed by atoms with Crippen LogP contribution in [0, 0.1) is 0 Å². The van der Waals surface area contributed by atoms with Crippen molar-refractivity contribution >= 4 is 18.3 Å². The summed E-state index contributed by atoms with van der Waals surface area (Å²) in [6.07, 6.45) is 0. The van der Waals surface area contributed by atoms with E-state index >= 15 is 0 Å². The fraction of sp³-hybridized carbons (Fsp3) is 0.562. The van der Waals surface area contributed by atoms with E-state index in [4.69, 9.17) is 14.2 Å². The summed E-state index contributed by atoms with van der Waals surface area (Å²) >= 11 is 0. The van der Waals surface area contributed by atoms with Crippen LogP contribution in [0.3, 0.4) is 0 Å². The van der Waals surface area contributed by atoms with Gasteiger partial charge in [-0.1, -0.05) is 0 Å². The van der Waals surface area contributed by atoms with Crippen LogP contribution in [0.2, 0.25) is 0 Å². The summed E-state index contributed by atoms with van der Waals surface area (Å²) in [5, 5.41) is 6.24. The summed E-state index contributed by atoms with van der Waals surface area (Å²) in [4.78, 5) is 14.7. The van der Waals surface area contributed by atoms with Gasteiger partial charge >= 0.3 is 0 Å². The van der Waals surface area contributed by atoms with E-state index in [2.05, 4.69) is 15.5 Å². The first-order chi connectivity index (χ1) is 11.2. The van der Waals surface area contributed by atoms with Crippen molar-refractivity contribution in [1.82, 2.24) is 15.5 Å². The van der Waals surface area contributed by atoms with Crippen molar-refractivity contribution < 1.29 is 19.0 Å². The van der Waals surface area contributed by atoms with E-state index in [0.717, 1.165) is 32.7 Å². The summed E-state index contributed by atoms with van der Waals surface area (Å²) in [7, 11) is 4.61. The van der Waals surface area contributed by atoms with Crippen molar-refractivity contribution in [2.75, 3.05) is 60.6 Å². The van der Waals surface area contributed by atoms with Crippen LogP contribution in [0.4, 0.5) is 0 Å². The van der Waals surface area contributed by atoms with Crippen molar-refractivity contribution in [3.8, 4) is 17.2 Å². The van der Waals surface area contributed by atoms with Gasteiger partial charge in [-0.25, -0.2) is 0 Å². The lowest BCUT2D eigenvalue weighted by molar-refractivity contribution is 0.0943. The van der Waals surface area contributed by atoms with Crippen LogP contribution in [0.5, 0.6) is 17.2 Å². The second-order valence-corrected chi connectivity index (χ2v) is 5.26. The zero-order valence-electron chi connectivity index (χ0n) is 14.4. The van der Waals surface area contributed by atoms with Gasteiger partial charge in [0, 0.05) is 51.4 Å². The van der Waals surface area contributed by atoms with E-state index < -0.39 is 0 Å². The zero-order valence-corrected chi connectivity index (χ0v) is 15.2. The molecule has 0 radical (unpaired) electrons. The molecule has 0 atom stereocenters. The predicted molar refractivity (Wildman–Crippen MR) is 95.0 cm³/mol. The highest BCUT2D eigenvalue weighted by molar-refractivity contribution is 5.97. The number of benzene rings is 1. The lowest BCUT2D eigenvalue weighted by atomic mass is 10.1. The number of rotatable bonds is 7. The summed E-state index contributed by atoms with van der Waals surface area (Å²) in [5.41, 5.74) is 0.436. The lowest BCUT2D eigenvalue weighted by Crippen LogP contribution is -2.46. The molecule has 0 spiro atoms. The summed E-state index contributed by atoms with van der Waals surface area (Å²) in [6, 6.07) is 3.29. The number of nitrogens with zero attached hydrogens (tertiary/aromatic N) is 1. The molecule has 1 aromatic carbocycles. The Bertz CT molecular complexity index is 536. The molecular formula is C16H26ClN3O4. The molecule has 0 bridgehead atoms. The molecule has 7 nitrogen and oxygen atoms in total. The number of hydrogen-bond acceptors (Lipinski definition) is 6. The molecule has 0 aliphatic carbocycles. The number of halogens is 1. The Labute approximate surface area is 149 Å². The number of carbonyl (C=O) groups is 1. The molecule has 1 fully saturated rings. The van der Waals surface area contributed by atoms with Gasteiger partial charge in [-0.05, 0) is 0 Å². The average Bonchev–Trinajstić information content (AvgIpc) is 2.61. The smallest absolute Gasteiger partial charge is 0.255 e. The molecule has 0 unspecified atom stereocenters. The van der Waals surface area contributed by atoms with Crippen LogP contribution < -0.4 is 24.8 Å². The molecular weight excluding hydrogens is 334 g/mol. The summed E-state index contributed by atoms with van der Waals surface area (Å²) < 4.78 is 15.8. The third kappa shape index (κ3) is 5.15. The van der Waals surface area contributed by atoms with Gasteiger partial charge < -0.3 is 24.8 Å². The van der Waals surface area contributed by atoms with E-state index in [1.807, 2.05) is 0 Å². The predicted octanol–water partition coefficient (Wildman–Crippen LogP) is 0.769. The third-order valence-corrected chi connectivity index (χ3v) is 3.87. The average molecular weight is 360 g/mol. The van der Waals surface area contributed by atoms with Crippen LogP contribution in [-0.4, -0.2) is 71.4 Å². The van der Waals surface area contributed by atoms with E-state index in [1.54, 1.807) is 19.2 Å². The number of hydrogen-bond donors (Lipinski definition) is 2. The normalized spacial score (nSPS) is 14.5. The molecule has 1 amide bonds. The minimum Gasteiger partial charge on any atom is -0.496 e. The molecule has 0 saturated carbocycles. The molecule has 1 saturated heterocycles. The Balaban J connectivity index is 0.00000288. The summed E-state index contributed by atoms with van der Waals surface area (Å²) in [6.45, 7) is 5.44. The first-order valence-corrected chi connectivity index (χ1v) is 7.71. The van der Waals surface area contributed by atoms with E-state index in [0.29, 0.717) is 29.4 Å². The van der Waals surface area contributed by atoms with Gasteiger partial charge in [0.15, 0.2) is 11.5 Å². The van der Waals surface area contributed by atoms with Gasteiger partial charge in [-0.2, -0.15) is 0 Å². The van der Waals surface area contributed by atoms with Crippen LogP contribution >= 0.6 is 12.4 Å². The Kier molecular flexibility index (Phi) is 8.67. The number of methoxy groups -OCH3 is 3. The number of ether oxygens (including phenoxy) is 3. The first kappa shape index (κ1) is 20.3. The maximum atomic E-state index is 12.4. The minimum absolute atomic E-state index is 0. The van der Waals surface area contributed by atoms with Crippen LogP contribution in [-0.2, 0) is 0 Å². The summed E-state index contributed by atoms with van der Waals surface area (Å²) in [5.74, 6) is 1.31. The number of piperazine rings is 1. The van der Waals surface area contributed by atoms with E-state index in [1.165, 1.54) is 14.2 Å². The molecule has 2 rings (SSSR count). The second kappa shape index (κ2) is 10.2. The Morgan fingerprint density at radius 1 is 1.08 bits per heavy atom. The molecule has 1 aromatic rings. The lowest BCUT2D eigenvalue weighted by Gasteiger charge is -2.27. The van der Waals surface area contributed by atoms with Crippen molar-refractivity contribution in [2.45, 2.75) is 0 Å². The molecule has 1 heterocycles. The van der Waals surface area contributed by atoms with Crippen molar-refractivity contribution in [3.05, 3.63) is 17.7 Å². The van der Waals surface area contributed by atoms with E-state index in [-0.39, 0.29) is 18.3 Å². The van der Waals surface area contributed by atoms with Crippen molar-refractivity contribution in [2.24, 2.45) is 0 Å². The number of nitrogens with one attached hydrogen (secondary N) is 2. The number of carbonyl (C=O) groups excluding carboxylic acids is 1. The molecule has 8 heteroatoms. The van der Waals surface area contributed by atoms with E-state index in [9.17, 15) is 4.79 Å².